The van der Waals surface area contributed by atoms with E-state index in [9.17, 15) is 4.79 Å². The van der Waals surface area contributed by atoms with Crippen molar-refractivity contribution in [3.8, 4) is 23.4 Å². The molecular weight excluding hydrogens is 652 g/mol. The minimum Gasteiger partial charge on any atom is -0.494 e. The maximum atomic E-state index is 13.6. The van der Waals surface area contributed by atoms with Gasteiger partial charge in [0.05, 0.1) is 26.4 Å². The van der Waals surface area contributed by atoms with E-state index in [4.69, 9.17) is 27.8 Å². The standard InChI is InChI=1S/C45H62O7/c1-3-37-35-41(49-33-25-15-11-7-5-9-13-23-31-47-39-27-19-17-20-28-39)51-44(37)43(46)45-38(4-2)36-42(52-45)50-34-26-16-12-8-6-10-14-24-32-48-40-29-21-18-22-30-40/h17-22,27-30,35-36H,3-16,23-26,31-34H2,1-2H3. The van der Waals surface area contributed by atoms with Crippen molar-refractivity contribution < 1.29 is 32.6 Å². The number of hydrogen-bond donors (Lipinski definition) is 0. The molecule has 7 nitrogen and oxygen atoms in total. The molecule has 7 heteroatoms. The molecule has 0 aliphatic rings. The lowest BCUT2D eigenvalue weighted by Crippen LogP contribution is -2.04. The minimum absolute atomic E-state index is 0.253. The third-order valence-corrected chi connectivity index (χ3v) is 9.34. The fourth-order valence-corrected chi connectivity index (χ4v) is 6.25. The van der Waals surface area contributed by atoms with Crippen LogP contribution in [0.5, 0.6) is 23.4 Å². The van der Waals surface area contributed by atoms with Crippen LogP contribution in [0.2, 0.25) is 0 Å². The number of carbonyl (C=O) groups is 1. The molecule has 4 rings (SSSR count). The number of furan rings is 2. The van der Waals surface area contributed by atoms with Crippen LogP contribution in [0.25, 0.3) is 0 Å². The molecule has 0 saturated carbocycles. The van der Waals surface area contributed by atoms with E-state index < -0.39 is 0 Å². The van der Waals surface area contributed by atoms with Gasteiger partial charge in [-0.15, -0.1) is 0 Å². The van der Waals surface area contributed by atoms with E-state index in [0.717, 1.165) is 74.4 Å². The fraction of sp³-hybridized carbons (Fsp3) is 0.533. The van der Waals surface area contributed by atoms with Crippen LogP contribution in [0.4, 0.5) is 0 Å². The van der Waals surface area contributed by atoms with Gasteiger partial charge >= 0.3 is 0 Å². The molecule has 0 amide bonds. The van der Waals surface area contributed by atoms with Crippen molar-refractivity contribution in [3.63, 3.8) is 0 Å². The number of ether oxygens (including phenoxy) is 4. The normalized spacial score (nSPS) is 11.1. The van der Waals surface area contributed by atoms with E-state index in [1.165, 1.54) is 64.2 Å². The Morgan fingerprint density at radius 2 is 0.750 bits per heavy atom. The fourth-order valence-electron chi connectivity index (χ4n) is 6.25. The highest BCUT2D eigenvalue weighted by atomic mass is 16.6. The molecule has 0 radical (unpaired) electrons. The van der Waals surface area contributed by atoms with Gasteiger partial charge < -0.3 is 27.8 Å². The van der Waals surface area contributed by atoms with Crippen LogP contribution in [0.1, 0.15) is 144 Å². The summed E-state index contributed by atoms with van der Waals surface area (Å²) in [6, 6.07) is 23.7. The minimum atomic E-state index is -0.253. The lowest BCUT2D eigenvalue weighted by Gasteiger charge is -2.06. The summed E-state index contributed by atoms with van der Waals surface area (Å²) < 4.78 is 35.3. The number of ketones is 1. The first-order valence-electron chi connectivity index (χ1n) is 20.1. The van der Waals surface area contributed by atoms with Gasteiger partial charge in [0.2, 0.25) is 0 Å². The van der Waals surface area contributed by atoms with E-state index in [1.54, 1.807) is 0 Å². The van der Waals surface area contributed by atoms with Crippen molar-refractivity contribution in [1.29, 1.82) is 0 Å². The Labute approximate surface area is 312 Å². The number of unbranched alkanes of at least 4 members (excludes halogenated alkanes) is 14. The van der Waals surface area contributed by atoms with Crippen LogP contribution in [-0.4, -0.2) is 32.2 Å². The molecule has 0 spiro atoms. The first-order valence-corrected chi connectivity index (χ1v) is 20.1. The van der Waals surface area contributed by atoms with Gasteiger partial charge in [0, 0.05) is 23.3 Å². The Morgan fingerprint density at radius 1 is 0.442 bits per heavy atom. The molecule has 2 aromatic carbocycles. The van der Waals surface area contributed by atoms with Crippen molar-refractivity contribution in [1.82, 2.24) is 0 Å². The Hall–Kier alpha value is -4.13. The monoisotopic (exact) mass is 714 g/mol. The second-order valence-electron chi connectivity index (χ2n) is 13.6. The van der Waals surface area contributed by atoms with Crippen molar-refractivity contribution in [2.75, 3.05) is 26.4 Å². The molecule has 4 aromatic rings. The summed E-state index contributed by atoms with van der Waals surface area (Å²) >= 11 is 0. The smallest absolute Gasteiger partial charge is 0.285 e. The highest BCUT2D eigenvalue weighted by Crippen LogP contribution is 2.30. The third kappa shape index (κ3) is 15.2. The average Bonchev–Trinajstić information content (AvgIpc) is 3.80. The quantitative estimate of drug-likeness (QED) is 0.0393. The Kier molecular flexibility index (Phi) is 19.5. The van der Waals surface area contributed by atoms with Crippen LogP contribution < -0.4 is 18.9 Å². The molecule has 0 aliphatic heterocycles. The van der Waals surface area contributed by atoms with Crippen LogP contribution >= 0.6 is 0 Å². The van der Waals surface area contributed by atoms with Gasteiger partial charge in [-0.1, -0.05) is 127 Å². The van der Waals surface area contributed by atoms with E-state index in [1.807, 2.05) is 86.6 Å². The molecule has 284 valence electrons. The van der Waals surface area contributed by atoms with Gasteiger partial charge in [0.25, 0.3) is 17.7 Å². The van der Waals surface area contributed by atoms with Crippen molar-refractivity contribution in [3.05, 3.63) is 95.4 Å². The van der Waals surface area contributed by atoms with Gasteiger partial charge in [-0.05, 0) is 62.8 Å². The molecule has 2 heterocycles. The number of carbonyl (C=O) groups excluding carboxylic acids is 1. The van der Waals surface area contributed by atoms with Crippen molar-refractivity contribution in [2.45, 2.75) is 129 Å². The number of para-hydroxylation sites is 2. The van der Waals surface area contributed by atoms with E-state index >= 15 is 0 Å². The van der Waals surface area contributed by atoms with Crippen molar-refractivity contribution in [2.24, 2.45) is 0 Å². The maximum Gasteiger partial charge on any atom is 0.285 e. The van der Waals surface area contributed by atoms with Gasteiger partial charge in [-0.2, -0.15) is 0 Å². The number of hydrogen-bond acceptors (Lipinski definition) is 7. The third-order valence-electron chi connectivity index (χ3n) is 9.34. The summed E-state index contributed by atoms with van der Waals surface area (Å²) in [6.45, 7) is 6.75. The van der Waals surface area contributed by atoms with Crippen molar-refractivity contribution >= 4 is 5.78 Å². The summed E-state index contributed by atoms with van der Waals surface area (Å²) in [5.41, 5.74) is 1.66. The molecule has 0 saturated heterocycles. The number of benzene rings is 2. The highest BCUT2D eigenvalue weighted by Gasteiger charge is 2.26. The first-order chi connectivity index (χ1) is 25.7. The first kappa shape index (κ1) is 40.6. The zero-order valence-corrected chi connectivity index (χ0v) is 31.8. The zero-order valence-electron chi connectivity index (χ0n) is 31.8. The maximum absolute atomic E-state index is 13.6. The molecule has 0 fully saturated rings. The lowest BCUT2D eigenvalue weighted by atomic mass is 10.1. The van der Waals surface area contributed by atoms with E-state index in [0.29, 0.717) is 49.5 Å². The number of aryl methyl sites for hydroxylation is 2. The highest BCUT2D eigenvalue weighted by molar-refractivity contribution is 6.07. The number of rotatable bonds is 30. The van der Waals surface area contributed by atoms with Gasteiger partial charge in [-0.3, -0.25) is 4.79 Å². The molecule has 0 atom stereocenters. The SMILES string of the molecule is CCc1cc(OCCCCCCCCCCOc2ccccc2)oc1C(=O)c1oc(OCCCCCCCCCCOc2ccccc2)cc1CC. The molecular formula is C45H62O7. The molecule has 52 heavy (non-hydrogen) atoms. The summed E-state index contributed by atoms with van der Waals surface area (Å²) in [7, 11) is 0. The van der Waals surface area contributed by atoms with Gasteiger partial charge in [-0.25, -0.2) is 0 Å². The largest absolute Gasteiger partial charge is 0.494 e. The van der Waals surface area contributed by atoms with Crippen LogP contribution in [-0.2, 0) is 12.8 Å². The Bertz CT molecular complexity index is 1380. The van der Waals surface area contributed by atoms with E-state index in [2.05, 4.69) is 0 Å². The lowest BCUT2D eigenvalue weighted by molar-refractivity contribution is 0.0962. The molecule has 0 aliphatic carbocycles. The summed E-state index contributed by atoms with van der Waals surface area (Å²) in [5, 5.41) is 0. The van der Waals surface area contributed by atoms with Crippen LogP contribution in [0, 0.1) is 0 Å². The topological polar surface area (TPSA) is 80.3 Å². The van der Waals surface area contributed by atoms with E-state index in [-0.39, 0.29) is 5.78 Å². The van der Waals surface area contributed by atoms with Crippen LogP contribution in [0.3, 0.4) is 0 Å². The molecule has 0 unspecified atom stereocenters. The molecule has 0 bridgehead atoms. The predicted molar refractivity (Wildman–Crippen MR) is 208 cm³/mol. The second kappa shape index (κ2) is 24.9. The van der Waals surface area contributed by atoms with Gasteiger partial charge in [0.15, 0.2) is 11.5 Å². The Morgan fingerprint density at radius 3 is 1.08 bits per heavy atom. The Balaban J connectivity index is 1.04. The second-order valence-corrected chi connectivity index (χ2v) is 13.6. The summed E-state index contributed by atoms with van der Waals surface area (Å²) in [4.78, 5) is 13.6. The zero-order chi connectivity index (χ0) is 36.5. The molecule has 0 N–H and O–H groups in total. The molecule has 2 aromatic heterocycles. The van der Waals surface area contributed by atoms with Gasteiger partial charge in [0.1, 0.15) is 11.5 Å². The predicted octanol–water partition coefficient (Wildman–Crippen LogP) is 12.4. The summed E-state index contributed by atoms with van der Waals surface area (Å²) in [5.74, 6) is 3.04. The summed E-state index contributed by atoms with van der Waals surface area (Å²) in [6.07, 6.45) is 19.9. The van der Waals surface area contributed by atoms with Crippen LogP contribution in [0.15, 0.2) is 81.6 Å². The average molecular weight is 715 g/mol.